The molecule has 0 radical (unpaired) electrons. The number of allylic oxidation sites excluding steroid dienone is 2. The Hall–Kier alpha value is 1.48. The van der Waals surface area contributed by atoms with Crippen molar-refractivity contribution in [3.8, 4) is 0 Å². The normalized spacial score (nSPS) is 76.1. The van der Waals surface area contributed by atoms with Crippen molar-refractivity contribution in [1.29, 1.82) is 0 Å². The van der Waals surface area contributed by atoms with E-state index in [4.69, 9.17) is 69.6 Å². The van der Waals surface area contributed by atoms with Crippen LogP contribution in [-0.4, -0.2) is 24.3 Å². The zero-order valence-corrected chi connectivity index (χ0v) is 13.4. The van der Waals surface area contributed by atoms with Crippen LogP contribution in [0.3, 0.4) is 0 Å². The molecule has 5 rings (SSSR count). The van der Waals surface area contributed by atoms with Crippen LogP contribution in [0.4, 0.5) is 0 Å². The van der Waals surface area contributed by atoms with Crippen LogP contribution in [0.5, 0.6) is 0 Å². The van der Waals surface area contributed by atoms with E-state index in [0.717, 1.165) is 0 Å². The number of hydrogen-bond acceptors (Lipinski definition) is 0. The average molecular weight is 365 g/mol. The van der Waals surface area contributed by atoms with Crippen LogP contribution in [0.25, 0.3) is 0 Å². The monoisotopic (exact) mass is 362 g/mol. The number of halogens is 6. The van der Waals surface area contributed by atoms with Gasteiger partial charge in [-0.05, 0) is 29.6 Å². The Balaban J connectivity index is 1.94. The van der Waals surface area contributed by atoms with Gasteiger partial charge in [-0.25, -0.2) is 0 Å². The molecule has 0 unspecified atom stereocenters. The predicted octanol–water partition coefficient (Wildman–Crippen LogP) is 4.41. The Morgan fingerprint density at radius 3 is 1.89 bits per heavy atom. The minimum absolute atomic E-state index is 0.148. The standard InChI is InChI=1S/C12H8Cl6/c13-8-9(14)5-3-1-2-4(5)7-6(3)10(8,15)12(17,18)11(7,9)16/h1-8H/t3-,4+,5-,6+,7-,8+,9-,10+,11-/m0/s1. The highest BCUT2D eigenvalue weighted by Crippen LogP contribution is 2.92. The molecule has 5 aliphatic rings. The van der Waals surface area contributed by atoms with Crippen LogP contribution >= 0.6 is 69.6 Å². The molecule has 4 saturated carbocycles. The maximum absolute atomic E-state index is 6.92. The molecule has 0 spiro atoms. The fourth-order valence-electron chi connectivity index (χ4n) is 5.96. The molecular weight excluding hydrogens is 357 g/mol. The quantitative estimate of drug-likeness (QED) is 0.441. The van der Waals surface area contributed by atoms with Crippen LogP contribution in [0, 0.1) is 29.6 Å². The van der Waals surface area contributed by atoms with Crippen molar-refractivity contribution in [3.63, 3.8) is 0 Å². The molecule has 0 aromatic carbocycles. The lowest BCUT2D eigenvalue weighted by Crippen LogP contribution is -2.63. The first-order chi connectivity index (χ1) is 8.25. The Bertz CT molecular complexity index is 517. The van der Waals surface area contributed by atoms with Gasteiger partial charge >= 0.3 is 0 Å². The van der Waals surface area contributed by atoms with Crippen molar-refractivity contribution < 1.29 is 0 Å². The van der Waals surface area contributed by atoms with Crippen LogP contribution in [0.2, 0.25) is 0 Å². The van der Waals surface area contributed by atoms with E-state index in [2.05, 4.69) is 12.2 Å². The van der Waals surface area contributed by atoms with Gasteiger partial charge < -0.3 is 0 Å². The first kappa shape index (κ1) is 12.1. The van der Waals surface area contributed by atoms with Crippen LogP contribution in [-0.2, 0) is 0 Å². The molecule has 0 nitrogen and oxygen atoms in total. The molecule has 0 aliphatic heterocycles. The molecule has 0 saturated heterocycles. The van der Waals surface area contributed by atoms with Gasteiger partial charge in [0, 0.05) is 0 Å². The second-order valence-electron chi connectivity index (χ2n) is 6.30. The SMILES string of the molecule is Cl[C@H]1[C@]2(Cl)[C@@H]3[C@H]4C=C[C@@H]5[C@H]4[C@@]1(Cl)[C@@](Cl)([C@@H]53)C2(Cl)Cl. The minimum Gasteiger partial charge on any atom is -0.119 e. The molecule has 9 atom stereocenters. The van der Waals surface area contributed by atoms with Gasteiger partial charge in [-0.3, -0.25) is 0 Å². The van der Waals surface area contributed by atoms with Crippen molar-refractivity contribution >= 4 is 69.6 Å². The van der Waals surface area contributed by atoms with Crippen molar-refractivity contribution in [2.24, 2.45) is 29.6 Å². The van der Waals surface area contributed by atoms with Crippen LogP contribution < -0.4 is 0 Å². The van der Waals surface area contributed by atoms with Gasteiger partial charge in [0.2, 0.25) is 0 Å². The summed E-state index contributed by atoms with van der Waals surface area (Å²) in [7, 11) is 0. The van der Waals surface area contributed by atoms with Crippen molar-refractivity contribution in [3.05, 3.63) is 12.2 Å². The van der Waals surface area contributed by atoms with Crippen molar-refractivity contribution in [2.75, 3.05) is 0 Å². The summed E-state index contributed by atoms with van der Waals surface area (Å²) in [5.41, 5.74) is 0. The Morgan fingerprint density at radius 2 is 1.28 bits per heavy atom. The summed E-state index contributed by atoms with van der Waals surface area (Å²) in [4.78, 5) is -2.65. The van der Waals surface area contributed by atoms with Gasteiger partial charge in [0.05, 0.1) is 10.3 Å². The first-order valence-electron chi connectivity index (χ1n) is 6.02. The van der Waals surface area contributed by atoms with E-state index in [-0.39, 0.29) is 17.8 Å². The van der Waals surface area contributed by atoms with E-state index in [9.17, 15) is 0 Å². The number of alkyl halides is 6. The summed E-state index contributed by atoms with van der Waals surface area (Å²) in [6.45, 7) is 0. The highest BCUT2D eigenvalue weighted by Gasteiger charge is 3.00. The highest BCUT2D eigenvalue weighted by atomic mass is 35.5. The largest absolute Gasteiger partial charge is 0.160 e. The maximum atomic E-state index is 6.92. The average Bonchev–Trinajstić information content (AvgIpc) is 2.96. The molecule has 6 bridgehead atoms. The summed E-state index contributed by atoms with van der Waals surface area (Å²) in [5.74, 6) is 1.20. The van der Waals surface area contributed by atoms with E-state index in [1.807, 2.05) is 0 Å². The van der Waals surface area contributed by atoms with E-state index < -0.39 is 24.3 Å². The van der Waals surface area contributed by atoms with E-state index >= 15 is 0 Å². The second-order valence-corrected chi connectivity index (χ2v) is 9.91. The number of hydrogen-bond donors (Lipinski definition) is 0. The molecule has 0 amide bonds. The lowest BCUT2D eigenvalue weighted by atomic mass is 9.63. The Kier molecular flexibility index (Phi) is 1.83. The van der Waals surface area contributed by atoms with Gasteiger partial charge in [0.15, 0.2) is 4.33 Å². The van der Waals surface area contributed by atoms with E-state index in [1.165, 1.54) is 0 Å². The zero-order valence-electron chi connectivity index (χ0n) is 8.89. The van der Waals surface area contributed by atoms with E-state index in [1.54, 1.807) is 0 Å². The summed E-state index contributed by atoms with van der Waals surface area (Å²) in [6, 6.07) is 0. The third-order valence-corrected chi connectivity index (χ3v) is 11.3. The topological polar surface area (TPSA) is 0 Å². The van der Waals surface area contributed by atoms with Gasteiger partial charge in [-0.2, -0.15) is 0 Å². The number of fused-ring (bicyclic) bond motifs is 3. The summed E-state index contributed by atoms with van der Waals surface area (Å²) in [5, 5.41) is -0.492. The lowest BCUT2D eigenvalue weighted by Gasteiger charge is -2.53. The number of rotatable bonds is 0. The van der Waals surface area contributed by atoms with Gasteiger partial charge in [0.1, 0.15) is 9.75 Å². The predicted molar refractivity (Wildman–Crippen MR) is 76.4 cm³/mol. The summed E-state index contributed by atoms with van der Waals surface area (Å²) < 4.78 is -1.28. The zero-order chi connectivity index (χ0) is 12.9. The van der Waals surface area contributed by atoms with Crippen molar-refractivity contribution in [2.45, 2.75) is 24.3 Å². The maximum Gasteiger partial charge on any atom is 0.160 e. The molecule has 0 N–H and O–H groups in total. The minimum atomic E-state index is -1.28. The van der Waals surface area contributed by atoms with Gasteiger partial charge in [0.25, 0.3) is 0 Å². The molecule has 18 heavy (non-hydrogen) atoms. The molecule has 6 heteroatoms. The second kappa shape index (κ2) is 2.73. The van der Waals surface area contributed by atoms with E-state index in [0.29, 0.717) is 11.8 Å². The third-order valence-electron chi connectivity index (χ3n) is 6.26. The molecule has 5 aliphatic carbocycles. The summed E-state index contributed by atoms with van der Waals surface area (Å²) in [6.07, 6.45) is 4.42. The first-order valence-corrected chi connectivity index (χ1v) is 8.35. The lowest BCUT2D eigenvalue weighted by molar-refractivity contribution is 0.146. The van der Waals surface area contributed by atoms with Crippen molar-refractivity contribution in [1.82, 2.24) is 0 Å². The van der Waals surface area contributed by atoms with Gasteiger partial charge in [-0.1, -0.05) is 35.4 Å². The third kappa shape index (κ3) is 0.681. The molecule has 0 aromatic rings. The fourth-order valence-corrected chi connectivity index (χ4v) is 9.99. The van der Waals surface area contributed by atoms with Crippen LogP contribution in [0.15, 0.2) is 12.2 Å². The molecule has 0 heterocycles. The fraction of sp³-hybridized carbons (Fsp3) is 0.833. The van der Waals surface area contributed by atoms with Crippen LogP contribution in [0.1, 0.15) is 0 Å². The molecule has 98 valence electrons. The highest BCUT2D eigenvalue weighted by molar-refractivity contribution is 6.63. The van der Waals surface area contributed by atoms with Gasteiger partial charge in [-0.15, -0.1) is 46.4 Å². The summed E-state index contributed by atoms with van der Waals surface area (Å²) >= 11 is 40.5. The molecule has 0 aromatic heterocycles. The smallest absolute Gasteiger partial charge is 0.119 e. The molecule has 4 fully saturated rings. The Labute approximate surface area is 135 Å². The Morgan fingerprint density at radius 1 is 0.722 bits per heavy atom. The molecular formula is C12H8Cl6.